The third-order valence-corrected chi connectivity index (χ3v) is 4.00. The van der Waals surface area contributed by atoms with Crippen LogP contribution in [0.1, 0.15) is 36.8 Å². The molecule has 0 aliphatic heterocycles. The van der Waals surface area contributed by atoms with Gasteiger partial charge in [-0.2, -0.15) is 5.26 Å². The Bertz CT molecular complexity index is 482. The molecule has 1 aromatic rings. The Labute approximate surface area is 120 Å². The molecule has 1 saturated carbocycles. The summed E-state index contributed by atoms with van der Waals surface area (Å²) in [5.74, 6) is 1.13. The molecule has 2 rings (SSSR count). The van der Waals surface area contributed by atoms with E-state index in [9.17, 15) is 5.11 Å². The number of nitrogens with one attached hydrogen (secondary N) is 1. The van der Waals surface area contributed by atoms with Gasteiger partial charge in [-0.1, -0.05) is 12.8 Å². The third-order valence-electron chi connectivity index (χ3n) is 4.00. The van der Waals surface area contributed by atoms with Crippen LogP contribution in [0.25, 0.3) is 0 Å². The second-order valence-electron chi connectivity index (χ2n) is 5.38. The second-order valence-corrected chi connectivity index (χ2v) is 5.38. The van der Waals surface area contributed by atoms with Gasteiger partial charge in [0.05, 0.1) is 24.8 Å². The fraction of sp³-hybridized carbons (Fsp3) is 0.562. The summed E-state index contributed by atoms with van der Waals surface area (Å²) in [7, 11) is 1.63. The lowest BCUT2D eigenvalue weighted by molar-refractivity contribution is 0.0695. The van der Waals surface area contributed by atoms with Crippen molar-refractivity contribution >= 4 is 0 Å². The average molecular weight is 274 g/mol. The first-order valence-electron chi connectivity index (χ1n) is 7.20. The van der Waals surface area contributed by atoms with Crippen LogP contribution >= 0.6 is 0 Å². The van der Waals surface area contributed by atoms with Crippen molar-refractivity contribution in [3.63, 3.8) is 0 Å². The number of aliphatic hydroxyl groups excluding tert-OH is 1. The topological polar surface area (TPSA) is 65.3 Å². The molecular weight excluding hydrogens is 252 g/mol. The van der Waals surface area contributed by atoms with Gasteiger partial charge in [-0.25, -0.2) is 0 Å². The van der Waals surface area contributed by atoms with Gasteiger partial charge in [0.2, 0.25) is 0 Å². The third kappa shape index (κ3) is 3.72. The van der Waals surface area contributed by atoms with Crippen LogP contribution in [-0.2, 0) is 6.54 Å². The van der Waals surface area contributed by atoms with E-state index in [2.05, 4.69) is 11.4 Å². The first-order chi connectivity index (χ1) is 9.74. The summed E-state index contributed by atoms with van der Waals surface area (Å²) in [5, 5.41) is 22.3. The number of rotatable bonds is 5. The van der Waals surface area contributed by atoms with Crippen LogP contribution in [0.2, 0.25) is 0 Å². The van der Waals surface area contributed by atoms with Gasteiger partial charge < -0.3 is 15.2 Å². The molecule has 0 amide bonds. The molecule has 0 radical (unpaired) electrons. The smallest absolute Gasteiger partial charge is 0.123 e. The molecule has 0 spiro atoms. The number of hydrogen-bond acceptors (Lipinski definition) is 4. The Hall–Kier alpha value is -1.57. The van der Waals surface area contributed by atoms with Gasteiger partial charge in [0.25, 0.3) is 0 Å². The maximum absolute atomic E-state index is 9.94. The van der Waals surface area contributed by atoms with Gasteiger partial charge in [-0.15, -0.1) is 0 Å². The average Bonchev–Trinajstić information content (AvgIpc) is 2.49. The number of aliphatic hydroxyl groups is 1. The van der Waals surface area contributed by atoms with Crippen LogP contribution in [0.4, 0.5) is 0 Å². The van der Waals surface area contributed by atoms with Crippen molar-refractivity contribution in [1.29, 1.82) is 5.26 Å². The van der Waals surface area contributed by atoms with Crippen LogP contribution in [-0.4, -0.2) is 24.9 Å². The standard InChI is InChI=1S/C16H22N2O2/c1-20-16-7-6-12(9-17)8-14(16)11-18-10-13-4-2-3-5-15(13)19/h6-8,13,15,18-19H,2-5,10-11H2,1H3. The summed E-state index contributed by atoms with van der Waals surface area (Å²) < 4.78 is 5.31. The van der Waals surface area contributed by atoms with Gasteiger partial charge in [0, 0.05) is 18.7 Å². The molecular formula is C16H22N2O2. The van der Waals surface area contributed by atoms with Gasteiger partial charge >= 0.3 is 0 Å². The lowest BCUT2D eigenvalue weighted by Crippen LogP contribution is -2.33. The molecule has 2 N–H and O–H groups in total. The largest absolute Gasteiger partial charge is 0.496 e. The van der Waals surface area contributed by atoms with Gasteiger partial charge in [0.15, 0.2) is 0 Å². The zero-order chi connectivity index (χ0) is 14.4. The molecule has 4 nitrogen and oxygen atoms in total. The minimum absolute atomic E-state index is 0.177. The molecule has 0 saturated heterocycles. The number of hydrogen-bond donors (Lipinski definition) is 2. The molecule has 0 heterocycles. The van der Waals surface area contributed by atoms with E-state index in [1.165, 1.54) is 6.42 Å². The van der Waals surface area contributed by atoms with E-state index < -0.39 is 0 Å². The molecule has 108 valence electrons. The summed E-state index contributed by atoms with van der Waals surface area (Å²) in [6.07, 6.45) is 4.17. The van der Waals surface area contributed by atoms with E-state index in [4.69, 9.17) is 10.00 Å². The number of methoxy groups -OCH3 is 1. The lowest BCUT2D eigenvalue weighted by atomic mass is 9.86. The number of nitrogens with zero attached hydrogens (tertiary/aromatic N) is 1. The molecule has 2 atom stereocenters. The normalized spacial score (nSPS) is 22.2. The van der Waals surface area contributed by atoms with Crippen molar-refractivity contribution in [3.05, 3.63) is 29.3 Å². The van der Waals surface area contributed by atoms with Crippen molar-refractivity contribution in [2.24, 2.45) is 5.92 Å². The maximum Gasteiger partial charge on any atom is 0.123 e. The highest BCUT2D eigenvalue weighted by Crippen LogP contribution is 2.24. The van der Waals surface area contributed by atoms with E-state index in [0.29, 0.717) is 18.0 Å². The molecule has 0 aromatic heterocycles. The van der Waals surface area contributed by atoms with Gasteiger partial charge in [0.1, 0.15) is 5.75 Å². The SMILES string of the molecule is COc1ccc(C#N)cc1CNCC1CCCCC1O. The number of benzene rings is 1. The summed E-state index contributed by atoms with van der Waals surface area (Å²) in [4.78, 5) is 0. The molecule has 0 bridgehead atoms. The van der Waals surface area contributed by atoms with Crippen LogP contribution < -0.4 is 10.1 Å². The van der Waals surface area contributed by atoms with Crippen LogP contribution in [0.15, 0.2) is 18.2 Å². The summed E-state index contributed by atoms with van der Waals surface area (Å²) in [6, 6.07) is 7.57. The Balaban J connectivity index is 1.91. The van der Waals surface area contributed by atoms with E-state index in [1.54, 1.807) is 13.2 Å². The summed E-state index contributed by atoms with van der Waals surface area (Å²) in [5.41, 5.74) is 1.62. The first-order valence-corrected chi connectivity index (χ1v) is 7.20. The highest BCUT2D eigenvalue weighted by Gasteiger charge is 2.22. The Morgan fingerprint density at radius 3 is 2.90 bits per heavy atom. The predicted molar refractivity (Wildman–Crippen MR) is 77.4 cm³/mol. The van der Waals surface area contributed by atoms with Crippen LogP contribution in [0, 0.1) is 17.2 Å². The van der Waals surface area contributed by atoms with E-state index in [-0.39, 0.29) is 6.10 Å². The molecule has 1 aromatic carbocycles. The zero-order valence-corrected chi connectivity index (χ0v) is 11.9. The van der Waals surface area contributed by atoms with Crippen molar-refractivity contribution in [2.45, 2.75) is 38.3 Å². The van der Waals surface area contributed by atoms with Gasteiger partial charge in [-0.3, -0.25) is 0 Å². The number of nitriles is 1. The highest BCUT2D eigenvalue weighted by molar-refractivity contribution is 5.41. The fourth-order valence-corrected chi connectivity index (χ4v) is 2.80. The highest BCUT2D eigenvalue weighted by atomic mass is 16.5. The van der Waals surface area contributed by atoms with E-state index >= 15 is 0 Å². The van der Waals surface area contributed by atoms with Crippen molar-refractivity contribution < 1.29 is 9.84 Å². The van der Waals surface area contributed by atoms with Crippen molar-refractivity contribution in [1.82, 2.24) is 5.32 Å². The summed E-state index contributed by atoms with van der Waals surface area (Å²) in [6.45, 7) is 1.46. The Kier molecular flexibility index (Phi) is 5.40. The minimum Gasteiger partial charge on any atom is -0.496 e. The Morgan fingerprint density at radius 2 is 2.20 bits per heavy atom. The predicted octanol–water partition coefficient (Wildman–Crippen LogP) is 2.21. The van der Waals surface area contributed by atoms with Crippen LogP contribution in [0.5, 0.6) is 5.75 Å². The van der Waals surface area contributed by atoms with Gasteiger partial charge in [-0.05, 0) is 37.0 Å². The van der Waals surface area contributed by atoms with E-state index in [0.717, 1.165) is 37.1 Å². The second kappa shape index (κ2) is 7.28. The Morgan fingerprint density at radius 1 is 1.40 bits per heavy atom. The quantitative estimate of drug-likeness (QED) is 0.864. The van der Waals surface area contributed by atoms with Crippen LogP contribution in [0.3, 0.4) is 0 Å². The fourth-order valence-electron chi connectivity index (χ4n) is 2.80. The zero-order valence-electron chi connectivity index (χ0n) is 11.9. The molecule has 1 aliphatic rings. The lowest BCUT2D eigenvalue weighted by Gasteiger charge is -2.27. The minimum atomic E-state index is -0.177. The molecule has 2 unspecified atom stereocenters. The molecule has 20 heavy (non-hydrogen) atoms. The molecule has 4 heteroatoms. The van der Waals surface area contributed by atoms with Crippen molar-refractivity contribution in [2.75, 3.05) is 13.7 Å². The van der Waals surface area contributed by atoms with Crippen molar-refractivity contribution in [3.8, 4) is 11.8 Å². The summed E-state index contributed by atoms with van der Waals surface area (Å²) >= 11 is 0. The monoisotopic (exact) mass is 274 g/mol. The maximum atomic E-state index is 9.94. The number of ether oxygens (including phenoxy) is 1. The molecule has 1 fully saturated rings. The first kappa shape index (κ1) is 14.8. The molecule has 1 aliphatic carbocycles. The van der Waals surface area contributed by atoms with E-state index in [1.807, 2.05) is 12.1 Å².